The lowest BCUT2D eigenvalue weighted by molar-refractivity contribution is -0.159. The summed E-state index contributed by atoms with van der Waals surface area (Å²) in [5, 5.41) is 18.1. The zero-order valence-corrected chi connectivity index (χ0v) is 8.84. The molecule has 0 aliphatic heterocycles. The summed E-state index contributed by atoms with van der Waals surface area (Å²) in [6, 6.07) is 0. The minimum atomic E-state index is -2.08. The standard InChI is InChI=1S/C8H15N3O5/c1-8(16,7(14)15)4-11(2-5(9)12)3-6(10)13/h16H,2-4H2,1H3,(H2,9,12)(H2,10,13)(H,14,15). The van der Waals surface area contributed by atoms with Crippen LogP contribution in [0.3, 0.4) is 0 Å². The van der Waals surface area contributed by atoms with Crippen LogP contribution in [0.4, 0.5) is 0 Å². The van der Waals surface area contributed by atoms with Crippen LogP contribution < -0.4 is 11.5 Å². The van der Waals surface area contributed by atoms with Gasteiger partial charge in [0.15, 0.2) is 5.60 Å². The van der Waals surface area contributed by atoms with Gasteiger partial charge in [0.05, 0.1) is 13.1 Å². The number of carbonyl (C=O) groups excluding carboxylic acids is 2. The van der Waals surface area contributed by atoms with Crippen molar-refractivity contribution in [1.29, 1.82) is 0 Å². The van der Waals surface area contributed by atoms with Crippen molar-refractivity contribution >= 4 is 17.8 Å². The van der Waals surface area contributed by atoms with E-state index in [0.29, 0.717) is 0 Å². The predicted molar refractivity (Wildman–Crippen MR) is 53.1 cm³/mol. The molecule has 0 aromatic rings. The van der Waals surface area contributed by atoms with E-state index in [1.165, 1.54) is 0 Å². The van der Waals surface area contributed by atoms with Crippen LogP contribution in [0, 0.1) is 0 Å². The largest absolute Gasteiger partial charge is 0.479 e. The monoisotopic (exact) mass is 233 g/mol. The van der Waals surface area contributed by atoms with E-state index in [4.69, 9.17) is 16.6 Å². The van der Waals surface area contributed by atoms with E-state index < -0.39 is 29.9 Å². The summed E-state index contributed by atoms with van der Waals surface area (Å²) in [6.07, 6.45) is 0. The second-order valence-electron chi connectivity index (χ2n) is 3.66. The number of rotatable bonds is 7. The number of amides is 2. The van der Waals surface area contributed by atoms with Crippen molar-refractivity contribution in [3.05, 3.63) is 0 Å². The summed E-state index contributed by atoms with van der Waals surface area (Å²) >= 11 is 0. The Labute approximate surface area is 91.8 Å². The zero-order chi connectivity index (χ0) is 12.9. The Hall–Kier alpha value is -1.67. The van der Waals surface area contributed by atoms with Gasteiger partial charge in [-0.3, -0.25) is 14.5 Å². The average molecular weight is 233 g/mol. The maximum absolute atomic E-state index is 10.6. The molecule has 8 nitrogen and oxygen atoms in total. The Morgan fingerprint density at radius 1 is 1.19 bits per heavy atom. The van der Waals surface area contributed by atoms with Gasteiger partial charge >= 0.3 is 5.97 Å². The van der Waals surface area contributed by atoms with E-state index in [2.05, 4.69) is 0 Å². The molecule has 16 heavy (non-hydrogen) atoms. The maximum Gasteiger partial charge on any atom is 0.336 e. The van der Waals surface area contributed by atoms with Crippen molar-refractivity contribution < 1.29 is 24.6 Å². The van der Waals surface area contributed by atoms with E-state index >= 15 is 0 Å². The first-order valence-corrected chi connectivity index (χ1v) is 4.40. The quantitative estimate of drug-likeness (QED) is 0.370. The van der Waals surface area contributed by atoms with Gasteiger partial charge in [0.25, 0.3) is 0 Å². The molecule has 0 fully saturated rings. The highest BCUT2D eigenvalue weighted by Gasteiger charge is 2.33. The second-order valence-corrected chi connectivity index (χ2v) is 3.66. The summed E-state index contributed by atoms with van der Waals surface area (Å²) < 4.78 is 0. The van der Waals surface area contributed by atoms with Crippen LogP contribution in [-0.4, -0.2) is 58.1 Å². The van der Waals surface area contributed by atoms with Gasteiger partial charge in [-0.2, -0.15) is 0 Å². The van der Waals surface area contributed by atoms with E-state index in [9.17, 15) is 19.5 Å². The van der Waals surface area contributed by atoms with Crippen LogP contribution in [0.25, 0.3) is 0 Å². The molecular weight excluding hydrogens is 218 g/mol. The minimum absolute atomic E-state index is 0.355. The molecular formula is C8H15N3O5. The fourth-order valence-corrected chi connectivity index (χ4v) is 1.11. The van der Waals surface area contributed by atoms with Gasteiger partial charge in [0, 0.05) is 6.54 Å². The molecule has 0 rings (SSSR count). The average Bonchev–Trinajstić information content (AvgIpc) is 1.99. The zero-order valence-electron chi connectivity index (χ0n) is 8.84. The summed E-state index contributed by atoms with van der Waals surface area (Å²) in [5.74, 6) is -2.96. The summed E-state index contributed by atoms with van der Waals surface area (Å²) in [6.45, 7) is -0.0860. The molecule has 1 unspecified atom stereocenters. The van der Waals surface area contributed by atoms with Crippen LogP contribution in [0.1, 0.15) is 6.92 Å². The number of primary amides is 2. The molecule has 0 bridgehead atoms. The number of aliphatic hydroxyl groups is 1. The number of aliphatic carboxylic acids is 1. The number of nitrogens with two attached hydrogens (primary N) is 2. The van der Waals surface area contributed by atoms with Crippen molar-refractivity contribution in [1.82, 2.24) is 4.90 Å². The Kier molecular flexibility index (Phi) is 4.86. The van der Waals surface area contributed by atoms with Crippen molar-refractivity contribution in [3.8, 4) is 0 Å². The molecule has 0 spiro atoms. The summed E-state index contributed by atoms with van der Waals surface area (Å²) in [5.41, 5.74) is 7.73. The molecule has 92 valence electrons. The number of carboxylic acids is 1. The molecule has 8 heteroatoms. The first-order chi connectivity index (χ1) is 7.15. The summed E-state index contributed by atoms with van der Waals surface area (Å²) in [4.78, 5) is 33.0. The maximum atomic E-state index is 10.6. The van der Waals surface area contributed by atoms with E-state index in [1.807, 2.05) is 0 Å². The van der Waals surface area contributed by atoms with Gasteiger partial charge in [-0.05, 0) is 6.92 Å². The number of carboxylic acid groups (broad SMARTS) is 1. The third-order valence-corrected chi connectivity index (χ3v) is 1.75. The van der Waals surface area contributed by atoms with Crippen molar-refractivity contribution in [2.75, 3.05) is 19.6 Å². The van der Waals surface area contributed by atoms with Gasteiger partial charge < -0.3 is 21.7 Å². The highest BCUT2D eigenvalue weighted by Crippen LogP contribution is 2.06. The molecule has 0 aliphatic rings. The molecule has 0 heterocycles. The molecule has 1 atom stereocenters. The van der Waals surface area contributed by atoms with Crippen LogP contribution in [0.5, 0.6) is 0 Å². The van der Waals surface area contributed by atoms with Crippen LogP contribution >= 0.6 is 0 Å². The van der Waals surface area contributed by atoms with Crippen molar-refractivity contribution in [2.24, 2.45) is 11.5 Å². The van der Waals surface area contributed by atoms with E-state index in [0.717, 1.165) is 11.8 Å². The highest BCUT2D eigenvalue weighted by atomic mass is 16.4. The third-order valence-electron chi connectivity index (χ3n) is 1.75. The van der Waals surface area contributed by atoms with Crippen LogP contribution in [-0.2, 0) is 14.4 Å². The highest BCUT2D eigenvalue weighted by molar-refractivity contribution is 5.80. The Balaban J connectivity index is 4.59. The second kappa shape index (κ2) is 5.42. The Morgan fingerprint density at radius 2 is 1.56 bits per heavy atom. The molecule has 0 aliphatic carbocycles. The van der Waals surface area contributed by atoms with Crippen molar-refractivity contribution in [3.63, 3.8) is 0 Å². The molecule has 2 amide bonds. The molecule has 0 aromatic carbocycles. The Bertz CT molecular complexity index is 286. The normalized spacial score (nSPS) is 14.4. The molecule has 0 saturated carbocycles. The third kappa shape index (κ3) is 5.27. The molecule has 0 aromatic heterocycles. The number of carbonyl (C=O) groups is 3. The van der Waals surface area contributed by atoms with Crippen LogP contribution in [0.2, 0.25) is 0 Å². The molecule has 0 radical (unpaired) electrons. The SMILES string of the molecule is CC(O)(CN(CC(N)=O)CC(N)=O)C(=O)O. The van der Waals surface area contributed by atoms with Gasteiger partial charge in [-0.1, -0.05) is 0 Å². The Morgan fingerprint density at radius 3 is 1.81 bits per heavy atom. The lowest BCUT2D eigenvalue weighted by Crippen LogP contribution is -2.51. The van der Waals surface area contributed by atoms with Gasteiger partial charge in [-0.25, -0.2) is 4.79 Å². The van der Waals surface area contributed by atoms with Crippen molar-refractivity contribution in [2.45, 2.75) is 12.5 Å². The predicted octanol–water partition coefficient (Wildman–Crippen LogP) is -2.91. The molecule has 0 saturated heterocycles. The van der Waals surface area contributed by atoms with E-state index in [1.54, 1.807) is 0 Å². The summed E-state index contributed by atoms with van der Waals surface area (Å²) in [7, 11) is 0. The first kappa shape index (κ1) is 14.3. The van der Waals surface area contributed by atoms with E-state index in [-0.39, 0.29) is 13.1 Å². The number of hydrogen-bond donors (Lipinski definition) is 4. The molecule has 6 N–H and O–H groups in total. The number of hydrogen-bond acceptors (Lipinski definition) is 5. The lowest BCUT2D eigenvalue weighted by Gasteiger charge is -2.26. The topological polar surface area (TPSA) is 147 Å². The van der Waals surface area contributed by atoms with Crippen LogP contribution in [0.15, 0.2) is 0 Å². The minimum Gasteiger partial charge on any atom is -0.479 e. The fraction of sp³-hybridized carbons (Fsp3) is 0.625. The first-order valence-electron chi connectivity index (χ1n) is 4.40. The van der Waals surface area contributed by atoms with Gasteiger partial charge in [0.1, 0.15) is 0 Å². The fourth-order valence-electron chi connectivity index (χ4n) is 1.11. The van der Waals surface area contributed by atoms with Gasteiger partial charge in [-0.15, -0.1) is 0 Å². The lowest BCUT2D eigenvalue weighted by atomic mass is 10.1. The smallest absolute Gasteiger partial charge is 0.336 e. The number of nitrogens with zero attached hydrogens (tertiary/aromatic N) is 1. The van der Waals surface area contributed by atoms with Gasteiger partial charge in [0.2, 0.25) is 11.8 Å².